The molecule has 2 heteroatoms. The van der Waals surface area contributed by atoms with Gasteiger partial charge in [0.05, 0.1) is 0 Å². The van der Waals surface area contributed by atoms with Gasteiger partial charge >= 0.3 is 0 Å². The van der Waals surface area contributed by atoms with Crippen LogP contribution in [0.2, 0.25) is 0 Å². The smallest absolute Gasteiger partial charge is 0.0231 e. The van der Waals surface area contributed by atoms with E-state index in [9.17, 15) is 0 Å². The number of rotatable bonds is 5. The molecule has 0 unspecified atom stereocenters. The van der Waals surface area contributed by atoms with E-state index in [0.29, 0.717) is 0 Å². The van der Waals surface area contributed by atoms with Crippen LogP contribution in [-0.2, 0) is 6.54 Å². The minimum Gasteiger partial charge on any atom is -0.318 e. The fourth-order valence-corrected chi connectivity index (χ4v) is 1.39. The van der Waals surface area contributed by atoms with Gasteiger partial charge in [-0.2, -0.15) is 0 Å². The highest BCUT2D eigenvalue weighted by molar-refractivity contribution is 5.21. The third-order valence-electron chi connectivity index (χ3n) is 2.32. The van der Waals surface area contributed by atoms with E-state index in [-0.39, 0.29) is 0 Å². The molecule has 78 valence electrons. The Morgan fingerprint density at radius 1 is 1.21 bits per heavy atom. The van der Waals surface area contributed by atoms with E-state index >= 15 is 0 Å². The highest BCUT2D eigenvalue weighted by Gasteiger charge is 1.98. The second kappa shape index (κ2) is 5.78. The lowest BCUT2D eigenvalue weighted by atomic mass is 10.1. The molecule has 0 fully saturated rings. The van der Waals surface area contributed by atoms with E-state index in [2.05, 4.69) is 48.5 Å². The Morgan fingerprint density at radius 2 is 1.86 bits per heavy atom. The van der Waals surface area contributed by atoms with Gasteiger partial charge in [-0.05, 0) is 26.6 Å². The second-order valence-electron chi connectivity index (χ2n) is 3.83. The molecule has 0 aromatic heterocycles. The van der Waals surface area contributed by atoms with E-state index in [1.807, 2.05) is 7.05 Å². The Hall–Kier alpha value is -0.860. The van der Waals surface area contributed by atoms with Gasteiger partial charge < -0.3 is 10.2 Å². The lowest BCUT2D eigenvalue weighted by Crippen LogP contribution is -2.26. The SMILES string of the molecule is CNCCN(C)Cc1ccc(C)cc1. The van der Waals surface area contributed by atoms with Gasteiger partial charge in [-0.3, -0.25) is 0 Å². The van der Waals surface area contributed by atoms with Crippen LogP contribution in [-0.4, -0.2) is 32.1 Å². The van der Waals surface area contributed by atoms with Crippen molar-refractivity contribution in [1.82, 2.24) is 10.2 Å². The molecule has 0 saturated heterocycles. The van der Waals surface area contributed by atoms with Crippen LogP contribution in [0.5, 0.6) is 0 Å². The number of likely N-dealkylation sites (N-methyl/N-ethyl adjacent to an activating group) is 2. The lowest BCUT2D eigenvalue weighted by Gasteiger charge is -2.16. The molecule has 2 nitrogen and oxygen atoms in total. The number of nitrogens with one attached hydrogen (secondary N) is 1. The highest BCUT2D eigenvalue weighted by atomic mass is 15.1. The Labute approximate surface area is 86.9 Å². The average Bonchev–Trinajstić information content (AvgIpc) is 2.18. The van der Waals surface area contributed by atoms with Crippen molar-refractivity contribution in [2.75, 3.05) is 27.2 Å². The monoisotopic (exact) mass is 192 g/mol. The molecule has 0 bridgehead atoms. The molecule has 0 aliphatic heterocycles. The first kappa shape index (κ1) is 11.2. The zero-order chi connectivity index (χ0) is 10.4. The molecule has 0 aliphatic rings. The third-order valence-corrected chi connectivity index (χ3v) is 2.32. The molecule has 0 atom stereocenters. The maximum absolute atomic E-state index is 3.15. The van der Waals surface area contributed by atoms with E-state index in [0.717, 1.165) is 19.6 Å². The van der Waals surface area contributed by atoms with Crippen molar-refractivity contribution in [2.24, 2.45) is 0 Å². The minimum absolute atomic E-state index is 1.03. The summed E-state index contributed by atoms with van der Waals surface area (Å²) in [6.45, 7) is 5.28. The lowest BCUT2D eigenvalue weighted by molar-refractivity contribution is 0.328. The van der Waals surface area contributed by atoms with Gasteiger partial charge in [-0.1, -0.05) is 29.8 Å². The standard InChI is InChI=1S/C12H20N2/c1-11-4-6-12(7-5-11)10-14(3)9-8-13-2/h4-7,13H,8-10H2,1-3H3. The average molecular weight is 192 g/mol. The Morgan fingerprint density at radius 3 is 2.43 bits per heavy atom. The Kier molecular flexibility index (Phi) is 4.63. The molecular formula is C12H20N2. The first-order valence-corrected chi connectivity index (χ1v) is 5.11. The van der Waals surface area contributed by atoms with Gasteiger partial charge in [0.2, 0.25) is 0 Å². The number of aryl methyl sites for hydroxylation is 1. The summed E-state index contributed by atoms with van der Waals surface area (Å²) in [7, 11) is 4.14. The van der Waals surface area contributed by atoms with E-state index in [1.165, 1.54) is 11.1 Å². The molecule has 14 heavy (non-hydrogen) atoms. The van der Waals surface area contributed by atoms with Crippen molar-refractivity contribution < 1.29 is 0 Å². The summed E-state index contributed by atoms with van der Waals surface area (Å²) in [6, 6.07) is 8.74. The molecule has 0 heterocycles. The largest absolute Gasteiger partial charge is 0.318 e. The molecule has 0 saturated carbocycles. The molecule has 0 amide bonds. The minimum atomic E-state index is 1.03. The van der Waals surface area contributed by atoms with Crippen LogP contribution >= 0.6 is 0 Å². The fourth-order valence-electron chi connectivity index (χ4n) is 1.39. The van der Waals surface area contributed by atoms with Crippen LogP contribution in [0.4, 0.5) is 0 Å². The summed E-state index contributed by atoms with van der Waals surface area (Å²) >= 11 is 0. The Bertz CT molecular complexity index is 254. The fraction of sp³-hybridized carbons (Fsp3) is 0.500. The van der Waals surface area contributed by atoms with Gasteiger partial charge in [0.15, 0.2) is 0 Å². The number of nitrogens with zero attached hydrogens (tertiary/aromatic N) is 1. The zero-order valence-corrected chi connectivity index (χ0v) is 9.38. The molecule has 0 radical (unpaired) electrons. The third kappa shape index (κ3) is 3.90. The van der Waals surface area contributed by atoms with E-state index < -0.39 is 0 Å². The summed E-state index contributed by atoms with van der Waals surface area (Å²) in [5, 5.41) is 3.15. The highest BCUT2D eigenvalue weighted by Crippen LogP contribution is 2.05. The second-order valence-corrected chi connectivity index (χ2v) is 3.83. The number of benzene rings is 1. The summed E-state index contributed by atoms with van der Waals surface area (Å²) in [4.78, 5) is 2.32. The topological polar surface area (TPSA) is 15.3 Å². The van der Waals surface area contributed by atoms with Crippen LogP contribution in [0.3, 0.4) is 0 Å². The summed E-state index contributed by atoms with van der Waals surface area (Å²) in [5.41, 5.74) is 2.71. The van der Waals surface area contributed by atoms with Gasteiger partial charge in [0.1, 0.15) is 0 Å². The van der Waals surface area contributed by atoms with Crippen LogP contribution in [0.1, 0.15) is 11.1 Å². The number of hydrogen-bond acceptors (Lipinski definition) is 2. The first-order valence-electron chi connectivity index (χ1n) is 5.11. The summed E-state index contributed by atoms with van der Waals surface area (Å²) in [6.07, 6.45) is 0. The molecular weight excluding hydrogens is 172 g/mol. The molecule has 1 aromatic carbocycles. The first-order chi connectivity index (χ1) is 6.72. The summed E-state index contributed by atoms with van der Waals surface area (Å²) in [5.74, 6) is 0. The molecule has 0 spiro atoms. The Balaban J connectivity index is 2.39. The number of hydrogen-bond donors (Lipinski definition) is 1. The predicted octanol–water partition coefficient (Wildman–Crippen LogP) is 1.65. The van der Waals surface area contributed by atoms with Gasteiger partial charge in [-0.25, -0.2) is 0 Å². The molecule has 0 aliphatic carbocycles. The quantitative estimate of drug-likeness (QED) is 0.763. The van der Waals surface area contributed by atoms with E-state index in [4.69, 9.17) is 0 Å². The van der Waals surface area contributed by atoms with Crippen molar-refractivity contribution in [1.29, 1.82) is 0 Å². The maximum atomic E-state index is 3.15. The molecule has 1 N–H and O–H groups in total. The van der Waals surface area contributed by atoms with Crippen LogP contribution in [0.15, 0.2) is 24.3 Å². The maximum Gasteiger partial charge on any atom is 0.0231 e. The van der Waals surface area contributed by atoms with Gasteiger partial charge in [-0.15, -0.1) is 0 Å². The van der Waals surface area contributed by atoms with Crippen molar-refractivity contribution in [3.8, 4) is 0 Å². The predicted molar refractivity (Wildman–Crippen MR) is 61.4 cm³/mol. The summed E-state index contributed by atoms with van der Waals surface area (Å²) < 4.78 is 0. The van der Waals surface area contributed by atoms with Crippen molar-refractivity contribution in [3.05, 3.63) is 35.4 Å². The van der Waals surface area contributed by atoms with Gasteiger partial charge in [0, 0.05) is 19.6 Å². The zero-order valence-electron chi connectivity index (χ0n) is 9.38. The normalized spacial score (nSPS) is 10.9. The molecule has 1 aromatic rings. The van der Waals surface area contributed by atoms with Crippen LogP contribution < -0.4 is 5.32 Å². The molecule has 1 rings (SSSR count). The van der Waals surface area contributed by atoms with Crippen molar-refractivity contribution >= 4 is 0 Å². The van der Waals surface area contributed by atoms with Crippen LogP contribution in [0, 0.1) is 6.92 Å². The van der Waals surface area contributed by atoms with Crippen molar-refractivity contribution in [2.45, 2.75) is 13.5 Å². The van der Waals surface area contributed by atoms with Crippen molar-refractivity contribution in [3.63, 3.8) is 0 Å². The van der Waals surface area contributed by atoms with Gasteiger partial charge in [0.25, 0.3) is 0 Å². The van der Waals surface area contributed by atoms with E-state index in [1.54, 1.807) is 0 Å². The van der Waals surface area contributed by atoms with Crippen LogP contribution in [0.25, 0.3) is 0 Å².